The first-order chi connectivity index (χ1) is 7.29. The third-order valence-electron chi connectivity index (χ3n) is 3.16. The molecule has 1 aromatic rings. The first kappa shape index (κ1) is 13.3. The molecule has 1 unspecified atom stereocenters. The van der Waals surface area contributed by atoms with Crippen molar-refractivity contribution in [3.05, 3.63) is 24.2 Å². The van der Waals surface area contributed by atoms with Crippen molar-refractivity contribution in [1.29, 1.82) is 0 Å². The van der Waals surface area contributed by atoms with Crippen molar-refractivity contribution in [3.8, 4) is 0 Å². The fourth-order valence-electron chi connectivity index (χ4n) is 1.60. The Hall–Kier alpha value is -0.810. The standard InChI is InChI=1S/C11H19NO3S/c1-11(2,16(4,13)14)10(12-3)7-9-5-6-15-8-9/h5-6,8,10,12H,7H2,1-4H3. The van der Waals surface area contributed by atoms with Crippen molar-refractivity contribution in [1.82, 2.24) is 5.32 Å². The zero-order chi connectivity index (χ0) is 12.4. The number of hydrogen-bond donors (Lipinski definition) is 1. The van der Waals surface area contributed by atoms with E-state index < -0.39 is 14.6 Å². The Bertz CT molecular complexity index is 420. The van der Waals surface area contributed by atoms with Gasteiger partial charge in [-0.1, -0.05) is 0 Å². The molecule has 0 aromatic carbocycles. The lowest BCUT2D eigenvalue weighted by atomic mass is 9.97. The summed E-state index contributed by atoms with van der Waals surface area (Å²) >= 11 is 0. The Morgan fingerprint density at radius 1 is 1.50 bits per heavy atom. The van der Waals surface area contributed by atoms with E-state index in [0.717, 1.165) is 5.56 Å². The molecule has 0 aliphatic heterocycles. The molecule has 0 bridgehead atoms. The Morgan fingerprint density at radius 3 is 2.50 bits per heavy atom. The molecular weight excluding hydrogens is 226 g/mol. The fourth-order valence-corrected chi connectivity index (χ4v) is 2.32. The largest absolute Gasteiger partial charge is 0.472 e. The van der Waals surface area contributed by atoms with Crippen LogP contribution in [0.2, 0.25) is 0 Å². The summed E-state index contributed by atoms with van der Waals surface area (Å²) in [5.74, 6) is 0. The lowest BCUT2D eigenvalue weighted by Gasteiger charge is -2.32. The van der Waals surface area contributed by atoms with Gasteiger partial charge in [0.05, 0.1) is 17.3 Å². The van der Waals surface area contributed by atoms with Crippen molar-refractivity contribution in [3.63, 3.8) is 0 Å². The van der Waals surface area contributed by atoms with Crippen molar-refractivity contribution in [2.45, 2.75) is 31.1 Å². The van der Waals surface area contributed by atoms with Gasteiger partial charge in [0.25, 0.3) is 0 Å². The summed E-state index contributed by atoms with van der Waals surface area (Å²) in [6.07, 6.45) is 5.14. The second kappa shape index (κ2) is 4.59. The molecule has 0 saturated carbocycles. The summed E-state index contributed by atoms with van der Waals surface area (Å²) in [7, 11) is -1.33. The van der Waals surface area contributed by atoms with E-state index in [1.165, 1.54) is 6.26 Å². The first-order valence-corrected chi connectivity index (χ1v) is 7.06. The average molecular weight is 245 g/mol. The summed E-state index contributed by atoms with van der Waals surface area (Å²) < 4.78 is 27.6. The van der Waals surface area contributed by atoms with Crippen LogP contribution in [0.15, 0.2) is 23.0 Å². The van der Waals surface area contributed by atoms with E-state index in [0.29, 0.717) is 6.42 Å². The van der Waals surface area contributed by atoms with Gasteiger partial charge in [-0.3, -0.25) is 0 Å². The van der Waals surface area contributed by atoms with E-state index in [2.05, 4.69) is 5.32 Å². The smallest absolute Gasteiger partial charge is 0.154 e. The van der Waals surface area contributed by atoms with Gasteiger partial charge in [-0.25, -0.2) is 8.42 Å². The molecule has 92 valence electrons. The monoisotopic (exact) mass is 245 g/mol. The molecule has 0 radical (unpaired) electrons. The Balaban J connectivity index is 2.91. The molecule has 0 aliphatic carbocycles. The van der Waals surface area contributed by atoms with E-state index in [1.54, 1.807) is 33.4 Å². The number of furan rings is 1. The Labute approximate surface area is 97.0 Å². The van der Waals surface area contributed by atoms with Gasteiger partial charge in [0.1, 0.15) is 0 Å². The van der Waals surface area contributed by atoms with E-state index >= 15 is 0 Å². The minimum atomic E-state index is -3.11. The summed E-state index contributed by atoms with van der Waals surface area (Å²) in [5, 5.41) is 3.07. The minimum absolute atomic E-state index is 0.139. The van der Waals surface area contributed by atoms with Crippen LogP contribution in [0.1, 0.15) is 19.4 Å². The molecule has 0 amide bonds. The van der Waals surface area contributed by atoms with Crippen LogP contribution in [0.3, 0.4) is 0 Å². The number of nitrogens with one attached hydrogen (secondary N) is 1. The molecule has 1 N–H and O–H groups in total. The topological polar surface area (TPSA) is 59.3 Å². The van der Waals surface area contributed by atoms with Gasteiger partial charge in [-0.15, -0.1) is 0 Å². The zero-order valence-corrected chi connectivity index (χ0v) is 11.0. The number of hydrogen-bond acceptors (Lipinski definition) is 4. The van der Waals surface area contributed by atoms with Crippen LogP contribution >= 0.6 is 0 Å². The molecule has 1 aromatic heterocycles. The Kier molecular flexibility index (Phi) is 3.80. The molecule has 1 rings (SSSR count). The average Bonchev–Trinajstić information content (AvgIpc) is 2.64. The number of likely N-dealkylation sites (N-methyl/N-ethyl adjacent to an activating group) is 1. The third-order valence-corrected chi connectivity index (χ3v) is 5.36. The van der Waals surface area contributed by atoms with Gasteiger partial charge in [-0.05, 0) is 38.9 Å². The lowest BCUT2D eigenvalue weighted by molar-refractivity contribution is 0.429. The van der Waals surface area contributed by atoms with E-state index in [4.69, 9.17) is 4.42 Å². The highest BCUT2D eigenvalue weighted by Gasteiger charge is 2.38. The van der Waals surface area contributed by atoms with Crippen LogP contribution in [0.25, 0.3) is 0 Å². The normalized spacial score (nSPS) is 15.0. The minimum Gasteiger partial charge on any atom is -0.472 e. The molecule has 0 saturated heterocycles. The van der Waals surface area contributed by atoms with Crippen LogP contribution in [0, 0.1) is 0 Å². The van der Waals surface area contributed by atoms with Crippen LogP contribution in [-0.4, -0.2) is 32.5 Å². The molecule has 0 spiro atoms. The van der Waals surface area contributed by atoms with Crippen LogP contribution in [-0.2, 0) is 16.3 Å². The van der Waals surface area contributed by atoms with Crippen molar-refractivity contribution >= 4 is 9.84 Å². The van der Waals surface area contributed by atoms with Crippen molar-refractivity contribution < 1.29 is 12.8 Å². The maximum absolute atomic E-state index is 11.7. The molecule has 1 atom stereocenters. The molecule has 5 heteroatoms. The summed E-state index contributed by atoms with van der Waals surface area (Å²) in [4.78, 5) is 0. The predicted molar refractivity (Wildman–Crippen MR) is 64.2 cm³/mol. The van der Waals surface area contributed by atoms with E-state index in [-0.39, 0.29) is 6.04 Å². The van der Waals surface area contributed by atoms with Gasteiger partial charge < -0.3 is 9.73 Å². The second-order valence-electron chi connectivity index (χ2n) is 4.55. The predicted octanol–water partition coefficient (Wildman–Crippen LogP) is 1.23. The molecule has 0 fully saturated rings. The van der Waals surface area contributed by atoms with Gasteiger partial charge >= 0.3 is 0 Å². The highest BCUT2D eigenvalue weighted by atomic mass is 32.2. The molecule has 1 heterocycles. The molecule has 4 nitrogen and oxygen atoms in total. The fraction of sp³-hybridized carbons (Fsp3) is 0.636. The van der Waals surface area contributed by atoms with Gasteiger partial charge in [-0.2, -0.15) is 0 Å². The highest BCUT2D eigenvalue weighted by molar-refractivity contribution is 7.92. The SMILES string of the molecule is CNC(Cc1ccoc1)C(C)(C)S(C)(=O)=O. The maximum Gasteiger partial charge on any atom is 0.154 e. The quantitative estimate of drug-likeness (QED) is 0.847. The summed E-state index contributed by atoms with van der Waals surface area (Å²) in [5.41, 5.74) is 0.996. The maximum atomic E-state index is 11.7. The first-order valence-electron chi connectivity index (χ1n) is 5.17. The third kappa shape index (κ3) is 2.65. The molecular formula is C11H19NO3S. The zero-order valence-electron chi connectivity index (χ0n) is 10.1. The van der Waals surface area contributed by atoms with Gasteiger partial charge in [0.2, 0.25) is 0 Å². The van der Waals surface area contributed by atoms with Crippen LogP contribution in [0.5, 0.6) is 0 Å². The van der Waals surface area contributed by atoms with E-state index in [1.807, 2.05) is 6.07 Å². The van der Waals surface area contributed by atoms with Crippen LogP contribution in [0.4, 0.5) is 0 Å². The van der Waals surface area contributed by atoms with Crippen molar-refractivity contribution in [2.75, 3.05) is 13.3 Å². The number of rotatable bonds is 5. The van der Waals surface area contributed by atoms with Gasteiger partial charge in [0, 0.05) is 12.3 Å². The number of sulfone groups is 1. The van der Waals surface area contributed by atoms with Crippen LogP contribution < -0.4 is 5.32 Å². The van der Waals surface area contributed by atoms with E-state index in [9.17, 15) is 8.42 Å². The molecule has 16 heavy (non-hydrogen) atoms. The Morgan fingerprint density at radius 2 is 2.12 bits per heavy atom. The highest BCUT2D eigenvalue weighted by Crippen LogP contribution is 2.23. The second-order valence-corrected chi connectivity index (χ2v) is 7.15. The molecule has 0 aliphatic rings. The lowest BCUT2D eigenvalue weighted by Crippen LogP contribution is -2.51. The summed E-state index contributed by atoms with van der Waals surface area (Å²) in [6, 6.07) is 1.71. The van der Waals surface area contributed by atoms with Crippen molar-refractivity contribution in [2.24, 2.45) is 0 Å². The van der Waals surface area contributed by atoms with Gasteiger partial charge in [0.15, 0.2) is 9.84 Å². The summed E-state index contributed by atoms with van der Waals surface area (Å²) in [6.45, 7) is 3.48.